The summed E-state index contributed by atoms with van der Waals surface area (Å²) >= 11 is 1.30. The van der Waals surface area contributed by atoms with Crippen LogP contribution in [0.2, 0.25) is 0 Å². The summed E-state index contributed by atoms with van der Waals surface area (Å²) in [7, 11) is 1.63. The van der Waals surface area contributed by atoms with Crippen molar-refractivity contribution >= 4 is 23.9 Å². The van der Waals surface area contributed by atoms with Crippen molar-refractivity contribution in [1.82, 2.24) is 20.2 Å². The molecule has 1 heterocycles. The molecule has 3 aromatic carbocycles. The Morgan fingerprint density at radius 1 is 1.03 bits per heavy atom. The van der Waals surface area contributed by atoms with Gasteiger partial charge in [-0.2, -0.15) is 5.10 Å². The molecule has 0 bridgehead atoms. The van der Waals surface area contributed by atoms with Crippen LogP contribution in [0.5, 0.6) is 5.75 Å². The molecule has 1 amide bonds. The van der Waals surface area contributed by atoms with Crippen LogP contribution < -0.4 is 10.2 Å². The van der Waals surface area contributed by atoms with Crippen LogP contribution in [0.3, 0.4) is 0 Å². The van der Waals surface area contributed by atoms with Gasteiger partial charge in [-0.15, -0.1) is 10.2 Å². The molecule has 1 aromatic heterocycles. The molecule has 0 aliphatic heterocycles. The van der Waals surface area contributed by atoms with Gasteiger partial charge in [-0.1, -0.05) is 54.2 Å². The highest BCUT2D eigenvalue weighted by Gasteiger charge is 2.17. The number of nitrogens with one attached hydrogen (secondary N) is 1. The van der Waals surface area contributed by atoms with Crippen LogP contribution in [0.1, 0.15) is 11.1 Å². The van der Waals surface area contributed by atoms with Crippen molar-refractivity contribution in [2.24, 2.45) is 5.10 Å². The van der Waals surface area contributed by atoms with Crippen LogP contribution in [-0.2, 0) is 4.79 Å². The molecule has 0 radical (unpaired) electrons. The van der Waals surface area contributed by atoms with Gasteiger partial charge in [-0.05, 0) is 54.4 Å². The summed E-state index contributed by atoms with van der Waals surface area (Å²) in [5.41, 5.74) is 6.43. The molecule has 0 fully saturated rings. The molecule has 33 heavy (non-hydrogen) atoms. The lowest BCUT2D eigenvalue weighted by atomic mass is 10.1. The molecule has 0 unspecified atom stereocenters. The topological polar surface area (TPSA) is 81.4 Å². The van der Waals surface area contributed by atoms with Gasteiger partial charge in [-0.3, -0.25) is 9.36 Å². The number of benzene rings is 3. The number of para-hydroxylation sites is 1. The van der Waals surface area contributed by atoms with Crippen molar-refractivity contribution in [1.29, 1.82) is 0 Å². The maximum atomic E-state index is 12.4. The van der Waals surface area contributed by atoms with Crippen LogP contribution >= 0.6 is 11.8 Å². The first-order chi connectivity index (χ1) is 16.2. The molecule has 0 aliphatic rings. The second-order valence-electron chi connectivity index (χ2n) is 7.14. The molecular weight excluding hydrogens is 434 g/mol. The minimum atomic E-state index is -0.224. The Kier molecular flexibility index (Phi) is 7.16. The molecule has 4 aromatic rings. The molecule has 0 spiro atoms. The maximum absolute atomic E-state index is 12.4. The van der Waals surface area contributed by atoms with E-state index in [4.69, 9.17) is 4.74 Å². The van der Waals surface area contributed by atoms with Crippen molar-refractivity contribution in [2.45, 2.75) is 12.1 Å². The summed E-state index contributed by atoms with van der Waals surface area (Å²) in [5, 5.41) is 13.4. The molecule has 0 saturated carbocycles. The predicted octanol–water partition coefficient (Wildman–Crippen LogP) is 4.49. The quantitative estimate of drug-likeness (QED) is 0.239. The second-order valence-corrected chi connectivity index (χ2v) is 8.09. The number of aromatic nitrogens is 3. The third kappa shape index (κ3) is 5.48. The Hall–Kier alpha value is -3.91. The first-order valence-electron chi connectivity index (χ1n) is 10.3. The molecule has 166 valence electrons. The van der Waals surface area contributed by atoms with Crippen molar-refractivity contribution in [3.05, 3.63) is 90.0 Å². The number of hydrogen-bond donors (Lipinski definition) is 1. The molecule has 0 atom stereocenters. The number of carbonyl (C=O) groups is 1. The number of hydrazone groups is 1. The lowest BCUT2D eigenvalue weighted by Gasteiger charge is -2.10. The molecule has 7 nitrogen and oxygen atoms in total. The number of nitrogens with zero attached hydrogens (tertiary/aromatic N) is 4. The number of ether oxygens (including phenoxy) is 1. The Labute approximate surface area is 196 Å². The van der Waals surface area contributed by atoms with Gasteiger partial charge in [0.05, 0.1) is 19.1 Å². The minimum Gasteiger partial charge on any atom is -0.497 e. The van der Waals surface area contributed by atoms with Crippen LogP contribution in [0.25, 0.3) is 17.1 Å². The van der Waals surface area contributed by atoms with Crippen LogP contribution in [0.15, 0.2) is 89.1 Å². The van der Waals surface area contributed by atoms with E-state index >= 15 is 0 Å². The number of thioether (sulfide) groups is 1. The average molecular weight is 458 g/mol. The lowest BCUT2D eigenvalue weighted by molar-refractivity contribution is -0.118. The summed E-state index contributed by atoms with van der Waals surface area (Å²) in [5.74, 6) is 1.38. The van der Waals surface area contributed by atoms with E-state index < -0.39 is 0 Å². The highest BCUT2D eigenvalue weighted by molar-refractivity contribution is 7.99. The molecule has 4 rings (SSSR count). The molecule has 8 heteroatoms. The summed E-state index contributed by atoms with van der Waals surface area (Å²) in [4.78, 5) is 12.4. The number of amides is 1. The van der Waals surface area contributed by atoms with Gasteiger partial charge in [0.2, 0.25) is 0 Å². The van der Waals surface area contributed by atoms with Crippen molar-refractivity contribution in [2.75, 3.05) is 12.9 Å². The largest absolute Gasteiger partial charge is 0.497 e. The third-order valence-corrected chi connectivity index (χ3v) is 5.84. The molecule has 0 saturated heterocycles. The van der Waals surface area contributed by atoms with E-state index in [1.807, 2.05) is 90.4 Å². The van der Waals surface area contributed by atoms with Crippen LogP contribution in [0, 0.1) is 6.92 Å². The standard InChI is InChI=1S/C25H23N5O2S/c1-18-8-6-7-9-20(18)16-26-27-23(31)17-33-25-29-28-24(19-12-14-22(32-2)15-13-19)30(25)21-10-4-3-5-11-21/h3-16H,17H2,1-2H3,(H,27,31)/b26-16+. The van der Waals surface area contributed by atoms with E-state index in [9.17, 15) is 4.79 Å². The van der Waals surface area contributed by atoms with Crippen LogP contribution in [-0.4, -0.2) is 39.7 Å². The fourth-order valence-corrected chi connectivity index (χ4v) is 3.91. The first kappa shape index (κ1) is 22.3. The van der Waals surface area contributed by atoms with E-state index in [1.165, 1.54) is 11.8 Å². The minimum absolute atomic E-state index is 0.151. The highest BCUT2D eigenvalue weighted by atomic mass is 32.2. The molecular formula is C25H23N5O2S. The number of methoxy groups -OCH3 is 1. The smallest absolute Gasteiger partial charge is 0.250 e. The lowest BCUT2D eigenvalue weighted by Crippen LogP contribution is -2.20. The maximum Gasteiger partial charge on any atom is 0.250 e. The number of hydrogen-bond acceptors (Lipinski definition) is 6. The summed E-state index contributed by atoms with van der Waals surface area (Å²) in [6.45, 7) is 2.00. The SMILES string of the molecule is COc1ccc(-c2nnc(SCC(=O)N/N=C/c3ccccc3C)n2-c2ccccc2)cc1. The summed E-state index contributed by atoms with van der Waals surface area (Å²) in [6.07, 6.45) is 1.64. The van der Waals surface area contributed by atoms with E-state index in [2.05, 4.69) is 20.7 Å². The van der Waals surface area contributed by atoms with Gasteiger partial charge in [0, 0.05) is 11.3 Å². The third-order valence-electron chi connectivity index (χ3n) is 4.91. The number of rotatable bonds is 8. The average Bonchev–Trinajstić information content (AvgIpc) is 3.28. The number of aryl methyl sites for hydroxylation is 1. The van der Waals surface area contributed by atoms with Gasteiger partial charge in [0.15, 0.2) is 11.0 Å². The van der Waals surface area contributed by atoms with Gasteiger partial charge in [0.25, 0.3) is 5.91 Å². The highest BCUT2D eigenvalue weighted by Crippen LogP contribution is 2.28. The fourth-order valence-electron chi connectivity index (χ4n) is 3.17. The van der Waals surface area contributed by atoms with E-state index in [0.717, 1.165) is 28.1 Å². The van der Waals surface area contributed by atoms with Gasteiger partial charge >= 0.3 is 0 Å². The van der Waals surface area contributed by atoms with Crippen LogP contribution in [0.4, 0.5) is 0 Å². The van der Waals surface area contributed by atoms with Crippen molar-refractivity contribution in [3.63, 3.8) is 0 Å². The zero-order chi connectivity index (χ0) is 23.0. The monoisotopic (exact) mass is 457 g/mol. The zero-order valence-electron chi connectivity index (χ0n) is 18.3. The molecule has 1 N–H and O–H groups in total. The van der Waals surface area contributed by atoms with E-state index in [0.29, 0.717) is 11.0 Å². The second kappa shape index (κ2) is 10.6. The Morgan fingerprint density at radius 3 is 2.48 bits per heavy atom. The Bertz CT molecular complexity index is 1250. The van der Waals surface area contributed by atoms with E-state index in [1.54, 1.807) is 13.3 Å². The molecule has 0 aliphatic carbocycles. The summed E-state index contributed by atoms with van der Waals surface area (Å²) in [6, 6.07) is 25.3. The van der Waals surface area contributed by atoms with Crippen molar-refractivity contribution in [3.8, 4) is 22.8 Å². The normalized spacial score (nSPS) is 11.0. The Morgan fingerprint density at radius 2 is 1.76 bits per heavy atom. The van der Waals surface area contributed by atoms with Gasteiger partial charge in [0.1, 0.15) is 5.75 Å². The summed E-state index contributed by atoms with van der Waals surface area (Å²) < 4.78 is 7.19. The zero-order valence-corrected chi connectivity index (χ0v) is 19.1. The predicted molar refractivity (Wildman–Crippen MR) is 131 cm³/mol. The Balaban J connectivity index is 1.51. The first-order valence-corrected chi connectivity index (χ1v) is 11.3. The van der Waals surface area contributed by atoms with E-state index in [-0.39, 0.29) is 11.7 Å². The van der Waals surface area contributed by atoms with Gasteiger partial charge < -0.3 is 4.74 Å². The van der Waals surface area contributed by atoms with Crippen molar-refractivity contribution < 1.29 is 9.53 Å². The number of carbonyl (C=O) groups excluding carboxylic acids is 1. The van der Waals surface area contributed by atoms with Gasteiger partial charge in [-0.25, -0.2) is 5.43 Å². The fraction of sp³-hybridized carbons (Fsp3) is 0.120.